The van der Waals surface area contributed by atoms with Gasteiger partial charge in [-0.25, -0.2) is 0 Å². The van der Waals surface area contributed by atoms with E-state index < -0.39 is 12.2 Å². The van der Waals surface area contributed by atoms with Crippen LogP contribution in [0.5, 0.6) is 0 Å². The van der Waals surface area contributed by atoms with Crippen LogP contribution in [-0.4, -0.2) is 22.4 Å². The minimum atomic E-state index is -0.399. The molecule has 0 saturated heterocycles. The predicted octanol–water partition coefficient (Wildman–Crippen LogP) is 0.138. The van der Waals surface area contributed by atoms with Crippen molar-refractivity contribution in [2.24, 2.45) is 11.8 Å². The third kappa shape index (κ3) is 0.634. The molecule has 0 heterocycles. The van der Waals surface area contributed by atoms with E-state index in [0.717, 1.165) is 19.3 Å². The van der Waals surface area contributed by atoms with Crippen molar-refractivity contribution in [2.45, 2.75) is 31.5 Å². The van der Waals surface area contributed by atoms with E-state index in [9.17, 15) is 10.2 Å². The maximum Gasteiger partial charge on any atom is 0.0830 e. The monoisotopic (exact) mass is 128 g/mol. The molecule has 2 heteroatoms. The number of hydrogen-bond donors (Lipinski definition) is 2. The van der Waals surface area contributed by atoms with Crippen molar-refractivity contribution in [3.8, 4) is 0 Å². The van der Waals surface area contributed by atoms with Crippen LogP contribution in [0.4, 0.5) is 0 Å². The van der Waals surface area contributed by atoms with Crippen LogP contribution >= 0.6 is 0 Å². The highest BCUT2D eigenvalue weighted by atomic mass is 16.3. The molecule has 2 aliphatic rings. The van der Waals surface area contributed by atoms with E-state index >= 15 is 0 Å². The van der Waals surface area contributed by atoms with E-state index in [-0.39, 0.29) is 0 Å². The van der Waals surface area contributed by atoms with Gasteiger partial charge < -0.3 is 10.2 Å². The molecule has 9 heavy (non-hydrogen) atoms. The van der Waals surface area contributed by atoms with Gasteiger partial charge in [-0.05, 0) is 31.1 Å². The van der Waals surface area contributed by atoms with Crippen molar-refractivity contribution >= 4 is 0 Å². The average molecular weight is 128 g/mol. The van der Waals surface area contributed by atoms with Crippen molar-refractivity contribution in [3.63, 3.8) is 0 Å². The smallest absolute Gasteiger partial charge is 0.0830 e. The Bertz CT molecular complexity index is 106. The summed E-state index contributed by atoms with van der Waals surface area (Å²) in [7, 11) is 0. The lowest BCUT2D eigenvalue weighted by molar-refractivity contribution is -0.0160. The fraction of sp³-hybridized carbons (Fsp3) is 1.00. The molecule has 0 amide bonds. The van der Waals surface area contributed by atoms with Gasteiger partial charge in [0.1, 0.15) is 0 Å². The molecular weight excluding hydrogens is 116 g/mol. The fourth-order valence-electron chi connectivity index (χ4n) is 2.23. The largest absolute Gasteiger partial charge is 0.390 e. The lowest BCUT2D eigenvalue weighted by Crippen LogP contribution is -2.31. The van der Waals surface area contributed by atoms with E-state index in [1.807, 2.05) is 0 Å². The van der Waals surface area contributed by atoms with E-state index in [0.29, 0.717) is 11.8 Å². The molecule has 0 radical (unpaired) electrons. The summed E-state index contributed by atoms with van der Waals surface area (Å²) in [6.45, 7) is 0. The topological polar surface area (TPSA) is 40.5 Å². The summed E-state index contributed by atoms with van der Waals surface area (Å²) in [5.74, 6) is 0.843. The first-order valence-electron chi connectivity index (χ1n) is 3.65. The number of fused-ring (bicyclic) bond motifs is 2. The summed E-state index contributed by atoms with van der Waals surface area (Å²) < 4.78 is 0. The van der Waals surface area contributed by atoms with Gasteiger partial charge in [-0.15, -0.1) is 0 Å². The van der Waals surface area contributed by atoms with E-state index in [1.165, 1.54) is 0 Å². The first-order valence-corrected chi connectivity index (χ1v) is 3.65. The molecule has 2 nitrogen and oxygen atoms in total. The maximum atomic E-state index is 9.24. The first-order chi connectivity index (χ1) is 4.29. The fourth-order valence-corrected chi connectivity index (χ4v) is 2.23. The number of hydrogen-bond acceptors (Lipinski definition) is 2. The number of aliphatic hydroxyl groups excluding tert-OH is 2. The summed E-state index contributed by atoms with van der Waals surface area (Å²) in [6.07, 6.45) is 2.51. The lowest BCUT2D eigenvalue weighted by atomic mass is 9.95. The maximum absolute atomic E-state index is 9.24. The van der Waals surface area contributed by atoms with Gasteiger partial charge in [0.25, 0.3) is 0 Å². The van der Waals surface area contributed by atoms with Crippen LogP contribution in [0.2, 0.25) is 0 Å². The Morgan fingerprint density at radius 3 is 1.56 bits per heavy atom. The SMILES string of the molecule is O[C@H]1C2CCC(C2)[C@@H]1O. The Kier molecular flexibility index (Phi) is 1.08. The second-order valence-corrected chi connectivity index (χ2v) is 3.31. The van der Waals surface area contributed by atoms with Gasteiger partial charge >= 0.3 is 0 Å². The molecule has 0 aromatic heterocycles. The van der Waals surface area contributed by atoms with Crippen LogP contribution < -0.4 is 0 Å². The van der Waals surface area contributed by atoms with Gasteiger partial charge in [0.05, 0.1) is 12.2 Å². The second kappa shape index (κ2) is 1.70. The third-order valence-electron chi connectivity index (χ3n) is 2.83. The molecule has 2 bridgehead atoms. The zero-order valence-corrected chi connectivity index (χ0v) is 5.33. The highest BCUT2D eigenvalue weighted by Gasteiger charge is 2.45. The van der Waals surface area contributed by atoms with Gasteiger partial charge in [0.15, 0.2) is 0 Å². The molecular formula is C7H12O2. The molecule has 2 unspecified atom stereocenters. The van der Waals surface area contributed by atoms with Crippen molar-refractivity contribution < 1.29 is 10.2 Å². The van der Waals surface area contributed by atoms with Crippen molar-refractivity contribution in [2.75, 3.05) is 0 Å². The van der Waals surface area contributed by atoms with E-state index in [2.05, 4.69) is 0 Å². The summed E-state index contributed by atoms with van der Waals surface area (Å²) in [5, 5.41) is 18.5. The van der Waals surface area contributed by atoms with Crippen LogP contribution in [0.15, 0.2) is 0 Å². The highest BCUT2D eigenvalue weighted by molar-refractivity contribution is 4.96. The zero-order chi connectivity index (χ0) is 6.43. The molecule has 4 atom stereocenters. The normalized spacial score (nSPS) is 56.7. The lowest BCUT2D eigenvalue weighted by Gasteiger charge is -2.21. The second-order valence-electron chi connectivity index (χ2n) is 3.31. The molecule has 0 aliphatic heterocycles. The Hall–Kier alpha value is -0.0800. The first kappa shape index (κ1) is 5.69. The molecule has 0 aromatic carbocycles. The van der Waals surface area contributed by atoms with Gasteiger partial charge in [-0.3, -0.25) is 0 Å². The Labute approximate surface area is 54.5 Å². The minimum Gasteiger partial charge on any atom is -0.390 e. The minimum absolute atomic E-state index is 0.399. The average Bonchev–Trinajstić information content (AvgIpc) is 2.37. The molecule has 2 rings (SSSR count). The van der Waals surface area contributed by atoms with Crippen LogP contribution in [-0.2, 0) is 0 Å². The van der Waals surface area contributed by atoms with Gasteiger partial charge in [0, 0.05) is 0 Å². The van der Waals surface area contributed by atoms with Gasteiger partial charge in [-0.1, -0.05) is 0 Å². The summed E-state index contributed by atoms with van der Waals surface area (Å²) in [6, 6.07) is 0. The molecule has 2 aliphatic carbocycles. The summed E-state index contributed by atoms with van der Waals surface area (Å²) in [4.78, 5) is 0. The number of rotatable bonds is 0. The highest BCUT2D eigenvalue weighted by Crippen LogP contribution is 2.44. The quantitative estimate of drug-likeness (QED) is 0.487. The Morgan fingerprint density at radius 1 is 0.889 bits per heavy atom. The molecule has 2 N–H and O–H groups in total. The molecule has 2 saturated carbocycles. The molecule has 0 aromatic rings. The summed E-state index contributed by atoms with van der Waals surface area (Å²) in [5.41, 5.74) is 0. The zero-order valence-electron chi connectivity index (χ0n) is 5.33. The van der Waals surface area contributed by atoms with Crippen LogP contribution in [0.1, 0.15) is 19.3 Å². The van der Waals surface area contributed by atoms with Crippen LogP contribution in [0, 0.1) is 11.8 Å². The molecule has 0 spiro atoms. The molecule has 2 fully saturated rings. The van der Waals surface area contributed by atoms with E-state index in [1.54, 1.807) is 0 Å². The van der Waals surface area contributed by atoms with Crippen molar-refractivity contribution in [1.82, 2.24) is 0 Å². The Morgan fingerprint density at radius 2 is 1.33 bits per heavy atom. The van der Waals surface area contributed by atoms with Gasteiger partial charge in [-0.2, -0.15) is 0 Å². The predicted molar refractivity (Wildman–Crippen MR) is 32.8 cm³/mol. The van der Waals surface area contributed by atoms with E-state index in [4.69, 9.17) is 0 Å². The van der Waals surface area contributed by atoms with Crippen molar-refractivity contribution in [1.29, 1.82) is 0 Å². The number of aliphatic hydroxyl groups is 2. The Balaban J connectivity index is 2.15. The van der Waals surface area contributed by atoms with Crippen LogP contribution in [0.25, 0.3) is 0 Å². The van der Waals surface area contributed by atoms with Crippen molar-refractivity contribution in [3.05, 3.63) is 0 Å². The third-order valence-corrected chi connectivity index (χ3v) is 2.83. The summed E-state index contributed by atoms with van der Waals surface area (Å²) >= 11 is 0. The standard InChI is InChI=1S/C7H12O2/c8-6-4-1-2-5(3-4)7(6)9/h4-9H,1-3H2/t4?,5?,6-,7-/m0/s1. The molecule has 52 valence electrons. The van der Waals surface area contributed by atoms with Crippen LogP contribution in [0.3, 0.4) is 0 Å². The van der Waals surface area contributed by atoms with Gasteiger partial charge in [0.2, 0.25) is 0 Å².